The molecule has 1 saturated heterocycles. The minimum Gasteiger partial charge on any atom is -0.274 e. The molecule has 1 aromatic carbocycles. The highest BCUT2D eigenvalue weighted by molar-refractivity contribution is 7.98. The van der Waals surface area contributed by atoms with Crippen LogP contribution < -0.4 is 4.90 Å². The first-order valence-electron chi connectivity index (χ1n) is 6.75. The molecular formula is C15H17NO2S. The van der Waals surface area contributed by atoms with Gasteiger partial charge in [-0.2, -0.15) is 0 Å². The lowest BCUT2D eigenvalue weighted by molar-refractivity contribution is -0.122. The smallest absolute Gasteiger partial charge is 0.237 e. The average molecular weight is 275 g/mol. The van der Waals surface area contributed by atoms with E-state index < -0.39 is 0 Å². The Labute approximate surface area is 117 Å². The Balaban J connectivity index is 2.00. The van der Waals surface area contributed by atoms with Gasteiger partial charge in [-0.1, -0.05) is 25.0 Å². The van der Waals surface area contributed by atoms with E-state index in [9.17, 15) is 9.59 Å². The Hall–Kier alpha value is -1.29. The molecule has 0 spiro atoms. The fourth-order valence-electron chi connectivity index (χ4n) is 3.21. The van der Waals surface area contributed by atoms with Gasteiger partial charge in [-0.05, 0) is 31.2 Å². The second kappa shape index (κ2) is 5.00. The van der Waals surface area contributed by atoms with Crippen LogP contribution in [0.5, 0.6) is 0 Å². The molecule has 0 aromatic heterocycles. The predicted octanol–water partition coefficient (Wildman–Crippen LogP) is 3.09. The Morgan fingerprint density at radius 1 is 1.05 bits per heavy atom. The molecule has 0 bridgehead atoms. The van der Waals surface area contributed by atoms with Crippen LogP contribution in [-0.2, 0) is 9.59 Å². The minimum atomic E-state index is -0.0730. The van der Waals surface area contributed by atoms with Gasteiger partial charge in [0.05, 0.1) is 17.5 Å². The summed E-state index contributed by atoms with van der Waals surface area (Å²) in [5.74, 6) is -0.125. The van der Waals surface area contributed by atoms with Gasteiger partial charge < -0.3 is 0 Å². The number of anilines is 1. The zero-order chi connectivity index (χ0) is 13.4. The van der Waals surface area contributed by atoms with E-state index in [1.54, 1.807) is 11.8 Å². The number of thioether (sulfide) groups is 1. The number of amides is 2. The van der Waals surface area contributed by atoms with Crippen LogP contribution in [0.1, 0.15) is 25.7 Å². The Bertz CT molecular complexity index is 505. The minimum absolute atomic E-state index is 0.0104. The lowest BCUT2D eigenvalue weighted by Crippen LogP contribution is -2.31. The standard InChI is InChI=1S/C15H17NO2S/c1-19-13-9-5-4-8-12(13)16-14(17)10-6-2-3-7-11(10)15(16)18/h4-5,8-11H,2-3,6-7H2,1H3/t10-,11-/m0/s1. The lowest BCUT2D eigenvalue weighted by atomic mass is 9.81. The van der Waals surface area contributed by atoms with E-state index in [1.807, 2.05) is 30.5 Å². The number of nitrogens with zero attached hydrogens (tertiary/aromatic N) is 1. The number of hydrogen-bond acceptors (Lipinski definition) is 3. The summed E-state index contributed by atoms with van der Waals surface area (Å²) in [7, 11) is 0. The molecule has 2 aliphatic rings. The summed E-state index contributed by atoms with van der Waals surface area (Å²) >= 11 is 1.57. The van der Waals surface area contributed by atoms with Gasteiger partial charge in [-0.25, -0.2) is 4.90 Å². The second-order valence-corrected chi connectivity index (χ2v) is 6.03. The van der Waals surface area contributed by atoms with Crippen molar-refractivity contribution in [1.29, 1.82) is 0 Å². The van der Waals surface area contributed by atoms with Crippen molar-refractivity contribution in [2.75, 3.05) is 11.2 Å². The normalized spacial score (nSPS) is 26.7. The van der Waals surface area contributed by atoms with Crippen LogP contribution in [-0.4, -0.2) is 18.1 Å². The fraction of sp³-hybridized carbons (Fsp3) is 0.467. The largest absolute Gasteiger partial charge is 0.274 e. The van der Waals surface area contributed by atoms with Crippen molar-refractivity contribution >= 4 is 29.3 Å². The molecule has 1 saturated carbocycles. The molecule has 0 radical (unpaired) electrons. The van der Waals surface area contributed by atoms with Crippen molar-refractivity contribution < 1.29 is 9.59 Å². The van der Waals surface area contributed by atoms with Gasteiger partial charge in [0.25, 0.3) is 0 Å². The quantitative estimate of drug-likeness (QED) is 0.615. The summed E-state index contributed by atoms with van der Waals surface area (Å²) in [5.41, 5.74) is 0.763. The van der Waals surface area contributed by atoms with Crippen molar-refractivity contribution in [3.05, 3.63) is 24.3 Å². The van der Waals surface area contributed by atoms with Gasteiger partial charge in [-0.3, -0.25) is 9.59 Å². The third-order valence-corrected chi connectivity index (χ3v) is 4.95. The molecule has 3 rings (SSSR count). The van der Waals surface area contributed by atoms with E-state index in [-0.39, 0.29) is 23.7 Å². The van der Waals surface area contributed by atoms with Crippen LogP contribution in [0.3, 0.4) is 0 Å². The zero-order valence-corrected chi connectivity index (χ0v) is 11.8. The Morgan fingerprint density at radius 3 is 2.21 bits per heavy atom. The molecule has 2 amide bonds. The number of imide groups is 1. The highest BCUT2D eigenvalue weighted by atomic mass is 32.2. The molecule has 3 nitrogen and oxygen atoms in total. The number of para-hydroxylation sites is 1. The fourth-order valence-corrected chi connectivity index (χ4v) is 3.80. The van der Waals surface area contributed by atoms with Crippen molar-refractivity contribution in [1.82, 2.24) is 0 Å². The number of fused-ring (bicyclic) bond motifs is 1. The summed E-state index contributed by atoms with van der Waals surface area (Å²) in [6.07, 6.45) is 5.84. The van der Waals surface area contributed by atoms with E-state index in [2.05, 4.69) is 0 Å². The van der Waals surface area contributed by atoms with Gasteiger partial charge in [0.15, 0.2) is 0 Å². The summed E-state index contributed by atoms with van der Waals surface area (Å²) < 4.78 is 0. The van der Waals surface area contributed by atoms with Crippen molar-refractivity contribution in [3.63, 3.8) is 0 Å². The monoisotopic (exact) mass is 275 g/mol. The average Bonchev–Trinajstić information content (AvgIpc) is 2.71. The number of carbonyl (C=O) groups is 2. The summed E-state index contributed by atoms with van der Waals surface area (Å²) in [6.45, 7) is 0. The van der Waals surface area contributed by atoms with Crippen molar-refractivity contribution in [2.45, 2.75) is 30.6 Å². The van der Waals surface area contributed by atoms with E-state index >= 15 is 0 Å². The second-order valence-electron chi connectivity index (χ2n) is 5.18. The van der Waals surface area contributed by atoms with Gasteiger partial charge in [0.1, 0.15) is 0 Å². The highest BCUT2D eigenvalue weighted by Crippen LogP contribution is 2.42. The number of benzene rings is 1. The van der Waals surface area contributed by atoms with Crippen LogP contribution in [0.25, 0.3) is 0 Å². The first-order chi connectivity index (χ1) is 9.24. The van der Waals surface area contributed by atoms with E-state index in [0.29, 0.717) is 0 Å². The molecule has 19 heavy (non-hydrogen) atoms. The van der Waals surface area contributed by atoms with E-state index in [0.717, 1.165) is 36.3 Å². The third-order valence-electron chi connectivity index (χ3n) is 4.17. The van der Waals surface area contributed by atoms with Gasteiger partial charge in [-0.15, -0.1) is 11.8 Å². The van der Waals surface area contributed by atoms with Crippen LogP contribution in [0.4, 0.5) is 5.69 Å². The van der Waals surface area contributed by atoms with Gasteiger partial charge in [0.2, 0.25) is 11.8 Å². The van der Waals surface area contributed by atoms with Crippen LogP contribution in [0, 0.1) is 11.8 Å². The predicted molar refractivity (Wildman–Crippen MR) is 76.2 cm³/mol. The van der Waals surface area contributed by atoms with E-state index in [1.165, 1.54) is 4.90 Å². The molecular weight excluding hydrogens is 258 g/mol. The molecule has 1 aliphatic carbocycles. The molecule has 1 aliphatic heterocycles. The lowest BCUT2D eigenvalue weighted by Gasteiger charge is -2.19. The topological polar surface area (TPSA) is 37.4 Å². The Morgan fingerprint density at radius 2 is 1.63 bits per heavy atom. The molecule has 1 heterocycles. The van der Waals surface area contributed by atoms with Crippen LogP contribution in [0.2, 0.25) is 0 Å². The summed E-state index contributed by atoms with van der Waals surface area (Å²) in [4.78, 5) is 27.5. The number of hydrogen-bond donors (Lipinski definition) is 0. The van der Waals surface area contributed by atoms with Gasteiger partial charge in [0, 0.05) is 4.90 Å². The molecule has 100 valence electrons. The maximum Gasteiger partial charge on any atom is 0.237 e. The summed E-state index contributed by atoms with van der Waals surface area (Å²) in [5, 5.41) is 0. The molecule has 4 heteroatoms. The van der Waals surface area contributed by atoms with Gasteiger partial charge >= 0.3 is 0 Å². The number of carbonyl (C=O) groups excluding carboxylic acids is 2. The first kappa shape index (κ1) is 12.7. The maximum atomic E-state index is 12.5. The highest BCUT2D eigenvalue weighted by Gasteiger charge is 2.49. The van der Waals surface area contributed by atoms with Crippen LogP contribution >= 0.6 is 11.8 Å². The molecule has 0 unspecified atom stereocenters. The van der Waals surface area contributed by atoms with E-state index in [4.69, 9.17) is 0 Å². The summed E-state index contributed by atoms with van der Waals surface area (Å²) in [6, 6.07) is 7.66. The zero-order valence-electron chi connectivity index (χ0n) is 11.0. The molecule has 2 fully saturated rings. The SMILES string of the molecule is CSc1ccccc1N1C(=O)[C@H]2CCCC[C@@H]2C1=O. The first-order valence-corrected chi connectivity index (χ1v) is 7.97. The van der Waals surface area contributed by atoms with Crippen molar-refractivity contribution in [2.24, 2.45) is 11.8 Å². The molecule has 0 N–H and O–H groups in total. The Kier molecular flexibility index (Phi) is 3.35. The maximum absolute atomic E-state index is 12.5. The molecule has 1 aromatic rings. The van der Waals surface area contributed by atoms with Crippen molar-refractivity contribution in [3.8, 4) is 0 Å². The number of rotatable bonds is 2. The molecule has 2 atom stereocenters. The third kappa shape index (κ3) is 1.98. The van der Waals surface area contributed by atoms with Crippen LogP contribution in [0.15, 0.2) is 29.2 Å².